The molecular weight excluding hydrogens is 212 g/mol. The fraction of sp³-hybridized carbons (Fsp3) is 0.417. The van der Waals surface area contributed by atoms with Gasteiger partial charge in [-0.15, -0.1) is 0 Å². The minimum Gasteiger partial charge on any atom is -0.369 e. The van der Waals surface area contributed by atoms with Crippen LogP contribution in [-0.2, 0) is 9.53 Å². The van der Waals surface area contributed by atoms with Crippen LogP contribution in [-0.4, -0.2) is 12.9 Å². The van der Waals surface area contributed by atoms with E-state index in [0.29, 0.717) is 5.02 Å². The van der Waals surface area contributed by atoms with Gasteiger partial charge in [0.25, 0.3) is 0 Å². The molecule has 0 saturated heterocycles. The van der Waals surface area contributed by atoms with Crippen molar-refractivity contribution < 1.29 is 9.53 Å². The van der Waals surface area contributed by atoms with Gasteiger partial charge in [0.15, 0.2) is 5.78 Å². The van der Waals surface area contributed by atoms with Crippen LogP contribution in [0.5, 0.6) is 0 Å². The first-order valence-electron chi connectivity index (χ1n) is 4.94. The molecule has 2 nitrogen and oxygen atoms in total. The number of rotatable bonds is 3. The second-order valence-electron chi connectivity index (χ2n) is 2.75. The van der Waals surface area contributed by atoms with Gasteiger partial charge in [-0.05, 0) is 13.0 Å². The van der Waals surface area contributed by atoms with Crippen LogP contribution in [0, 0.1) is 0 Å². The van der Waals surface area contributed by atoms with Crippen LogP contribution < -0.4 is 0 Å². The highest BCUT2D eigenvalue weighted by molar-refractivity contribution is 6.31. The van der Waals surface area contributed by atoms with Gasteiger partial charge in [0, 0.05) is 17.7 Å². The van der Waals surface area contributed by atoms with Gasteiger partial charge < -0.3 is 4.74 Å². The Morgan fingerprint density at radius 2 is 1.87 bits per heavy atom. The number of methoxy groups -OCH3 is 1. The van der Waals surface area contributed by atoms with Gasteiger partial charge in [-0.2, -0.15) is 0 Å². The summed E-state index contributed by atoms with van der Waals surface area (Å²) in [6.07, 6.45) is -0.548. The maximum Gasteiger partial charge on any atom is 0.163 e. The number of ether oxygens (including phenoxy) is 1. The number of ketones is 1. The highest BCUT2D eigenvalue weighted by atomic mass is 35.5. The molecular formula is C12H17ClO2. The van der Waals surface area contributed by atoms with Gasteiger partial charge >= 0.3 is 0 Å². The van der Waals surface area contributed by atoms with Crippen molar-refractivity contribution in [1.82, 2.24) is 0 Å². The lowest BCUT2D eigenvalue weighted by Crippen LogP contribution is -2.11. The van der Waals surface area contributed by atoms with Crippen molar-refractivity contribution in [2.75, 3.05) is 7.11 Å². The number of hydrogen-bond acceptors (Lipinski definition) is 2. The van der Waals surface area contributed by atoms with E-state index in [4.69, 9.17) is 16.3 Å². The van der Waals surface area contributed by atoms with Gasteiger partial charge in [-0.25, -0.2) is 0 Å². The standard InChI is InChI=1S/C10H11ClO2.C2H6/c1-7(12)10(13-2)8-5-3-4-6-9(8)11;1-2/h3-6,10H,1-2H3;1-2H3. The molecule has 0 fully saturated rings. The lowest BCUT2D eigenvalue weighted by atomic mass is 10.1. The van der Waals surface area contributed by atoms with Gasteiger partial charge in [-0.3, -0.25) is 4.79 Å². The Morgan fingerprint density at radius 3 is 2.27 bits per heavy atom. The van der Waals surface area contributed by atoms with E-state index in [1.807, 2.05) is 26.0 Å². The van der Waals surface area contributed by atoms with Crippen LogP contribution in [0.15, 0.2) is 24.3 Å². The molecule has 0 heterocycles. The van der Waals surface area contributed by atoms with E-state index in [-0.39, 0.29) is 5.78 Å². The van der Waals surface area contributed by atoms with Gasteiger partial charge in [0.05, 0.1) is 0 Å². The minimum absolute atomic E-state index is 0.0457. The topological polar surface area (TPSA) is 26.3 Å². The summed E-state index contributed by atoms with van der Waals surface area (Å²) in [7, 11) is 1.50. The highest BCUT2D eigenvalue weighted by Gasteiger charge is 2.17. The SMILES string of the molecule is CC.COC(C(C)=O)c1ccccc1Cl. The van der Waals surface area contributed by atoms with Crippen LogP contribution >= 0.6 is 11.6 Å². The Hall–Kier alpha value is -0.860. The molecule has 0 bridgehead atoms. The zero-order chi connectivity index (χ0) is 11.8. The monoisotopic (exact) mass is 228 g/mol. The zero-order valence-electron chi connectivity index (χ0n) is 9.58. The molecule has 3 heteroatoms. The largest absolute Gasteiger partial charge is 0.369 e. The second kappa shape index (κ2) is 7.43. The zero-order valence-corrected chi connectivity index (χ0v) is 10.3. The molecule has 0 aromatic heterocycles. The molecule has 1 unspecified atom stereocenters. The summed E-state index contributed by atoms with van der Waals surface area (Å²) in [5.41, 5.74) is 0.721. The van der Waals surface area contributed by atoms with Crippen molar-refractivity contribution >= 4 is 17.4 Å². The Labute approximate surface area is 96.2 Å². The number of Topliss-reactive ketones (excluding diaryl/α,β-unsaturated/α-hetero) is 1. The fourth-order valence-corrected chi connectivity index (χ4v) is 1.43. The second-order valence-corrected chi connectivity index (χ2v) is 3.16. The van der Waals surface area contributed by atoms with Crippen molar-refractivity contribution in [2.24, 2.45) is 0 Å². The molecule has 0 aliphatic carbocycles. The molecule has 0 N–H and O–H groups in total. The first kappa shape index (κ1) is 14.1. The molecule has 1 atom stereocenters. The molecule has 0 aliphatic heterocycles. The van der Waals surface area contributed by atoms with Crippen LogP contribution in [0.4, 0.5) is 0 Å². The third-order valence-corrected chi connectivity index (χ3v) is 2.14. The predicted molar refractivity (Wildman–Crippen MR) is 63.2 cm³/mol. The van der Waals surface area contributed by atoms with E-state index < -0.39 is 6.10 Å². The van der Waals surface area contributed by atoms with E-state index in [0.717, 1.165) is 5.56 Å². The molecule has 0 spiro atoms. The normalized spacial score (nSPS) is 11.3. The highest BCUT2D eigenvalue weighted by Crippen LogP contribution is 2.25. The van der Waals surface area contributed by atoms with Gasteiger partial charge in [0.1, 0.15) is 6.10 Å². The Bertz CT molecular complexity index is 310. The number of carbonyl (C=O) groups excluding carboxylic acids is 1. The van der Waals surface area contributed by atoms with Crippen molar-refractivity contribution in [3.05, 3.63) is 34.9 Å². The minimum atomic E-state index is -0.548. The van der Waals surface area contributed by atoms with E-state index >= 15 is 0 Å². The number of hydrogen-bond donors (Lipinski definition) is 0. The van der Waals surface area contributed by atoms with E-state index in [1.54, 1.807) is 12.1 Å². The Balaban J connectivity index is 0.000000921. The molecule has 0 saturated carbocycles. The molecule has 15 heavy (non-hydrogen) atoms. The molecule has 0 amide bonds. The molecule has 1 rings (SSSR count). The summed E-state index contributed by atoms with van der Waals surface area (Å²) < 4.78 is 5.04. The first-order valence-corrected chi connectivity index (χ1v) is 5.32. The van der Waals surface area contributed by atoms with E-state index in [9.17, 15) is 4.79 Å². The van der Waals surface area contributed by atoms with Crippen LogP contribution in [0.25, 0.3) is 0 Å². The maximum absolute atomic E-state index is 11.1. The fourth-order valence-electron chi connectivity index (χ4n) is 1.20. The molecule has 1 aromatic carbocycles. The summed E-state index contributed by atoms with van der Waals surface area (Å²) in [6.45, 7) is 5.48. The smallest absolute Gasteiger partial charge is 0.163 e. The van der Waals surface area contributed by atoms with Crippen molar-refractivity contribution in [3.8, 4) is 0 Å². The summed E-state index contributed by atoms with van der Waals surface area (Å²) in [4.78, 5) is 11.1. The number of carbonyl (C=O) groups is 1. The Morgan fingerprint density at radius 1 is 1.33 bits per heavy atom. The van der Waals surface area contributed by atoms with Crippen molar-refractivity contribution in [2.45, 2.75) is 26.9 Å². The third kappa shape index (κ3) is 4.02. The van der Waals surface area contributed by atoms with Crippen molar-refractivity contribution in [1.29, 1.82) is 0 Å². The quantitative estimate of drug-likeness (QED) is 0.790. The number of benzene rings is 1. The van der Waals surface area contributed by atoms with E-state index in [2.05, 4.69) is 0 Å². The van der Waals surface area contributed by atoms with Gasteiger partial charge in [-0.1, -0.05) is 43.6 Å². The first-order chi connectivity index (χ1) is 7.16. The number of halogens is 1. The average Bonchev–Trinajstić information content (AvgIpc) is 2.24. The predicted octanol–water partition coefficient (Wildman–Crippen LogP) is 3.64. The summed E-state index contributed by atoms with van der Waals surface area (Å²) in [6, 6.07) is 7.18. The summed E-state index contributed by atoms with van der Waals surface area (Å²) in [5, 5.41) is 0.560. The lowest BCUT2D eigenvalue weighted by Gasteiger charge is -2.13. The average molecular weight is 229 g/mol. The third-order valence-electron chi connectivity index (χ3n) is 1.79. The summed E-state index contributed by atoms with van der Waals surface area (Å²) >= 11 is 5.91. The van der Waals surface area contributed by atoms with Crippen LogP contribution in [0.3, 0.4) is 0 Å². The Kier molecular flexibility index (Phi) is 7.01. The van der Waals surface area contributed by atoms with Crippen LogP contribution in [0.1, 0.15) is 32.4 Å². The summed E-state index contributed by atoms with van der Waals surface area (Å²) in [5.74, 6) is -0.0457. The molecule has 0 radical (unpaired) electrons. The van der Waals surface area contributed by atoms with E-state index in [1.165, 1.54) is 14.0 Å². The van der Waals surface area contributed by atoms with Crippen molar-refractivity contribution in [3.63, 3.8) is 0 Å². The van der Waals surface area contributed by atoms with Crippen LogP contribution in [0.2, 0.25) is 5.02 Å². The molecule has 84 valence electrons. The van der Waals surface area contributed by atoms with Gasteiger partial charge in [0.2, 0.25) is 0 Å². The molecule has 0 aliphatic rings. The maximum atomic E-state index is 11.1. The lowest BCUT2D eigenvalue weighted by molar-refractivity contribution is -0.126. The molecule has 1 aromatic rings.